The molecule has 1 aliphatic carbocycles. The first-order valence-corrected chi connectivity index (χ1v) is 7.98. The first kappa shape index (κ1) is 13.0. The lowest BCUT2D eigenvalue weighted by Crippen LogP contribution is -2.34. The monoisotopic (exact) mass is 276 g/mol. The highest BCUT2D eigenvalue weighted by atomic mass is 32.2. The van der Waals surface area contributed by atoms with Crippen molar-refractivity contribution in [3.8, 4) is 0 Å². The number of hydrogen-bond acceptors (Lipinski definition) is 4. The lowest BCUT2D eigenvalue weighted by Gasteiger charge is -2.28. The van der Waals surface area contributed by atoms with Crippen LogP contribution in [0.1, 0.15) is 32.6 Å². The summed E-state index contributed by atoms with van der Waals surface area (Å²) in [6.45, 7) is 3.24. The second kappa shape index (κ2) is 5.97. The number of nitrogens with zero attached hydrogens (tertiary/aromatic N) is 1. The van der Waals surface area contributed by atoms with Crippen LogP contribution in [-0.2, 0) is 0 Å². The summed E-state index contributed by atoms with van der Waals surface area (Å²) in [7, 11) is 0. The van der Waals surface area contributed by atoms with Gasteiger partial charge in [-0.05, 0) is 37.9 Å². The third kappa shape index (κ3) is 3.12. The fraction of sp³-hybridized carbons (Fsp3) is 0.533. The van der Waals surface area contributed by atoms with Crippen LogP contribution in [0.5, 0.6) is 0 Å². The van der Waals surface area contributed by atoms with Crippen LogP contribution in [0.3, 0.4) is 0 Å². The van der Waals surface area contributed by atoms with Gasteiger partial charge in [0.25, 0.3) is 5.22 Å². The Kier molecular flexibility index (Phi) is 4.09. The Morgan fingerprint density at radius 1 is 1.37 bits per heavy atom. The zero-order valence-corrected chi connectivity index (χ0v) is 12.1. The van der Waals surface area contributed by atoms with Gasteiger partial charge < -0.3 is 9.73 Å². The number of hydrogen-bond donors (Lipinski definition) is 1. The molecule has 0 aliphatic heterocycles. The van der Waals surface area contributed by atoms with Crippen molar-refractivity contribution in [3.05, 3.63) is 24.3 Å². The largest absolute Gasteiger partial charge is 0.431 e. The Hall–Kier alpha value is -1.00. The summed E-state index contributed by atoms with van der Waals surface area (Å²) >= 11 is 1.80. The molecular formula is C15H20N2OS. The van der Waals surface area contributed by atoms with Crippen molar-refractivity contribution >= 4 is 22.9 Å². The van der Waals surface area contributed by atoms with Gasteiger partial charge in [-0.2, -0.15) is 0 Å². The van der Waals surface area contributed by atoms with Gasteiger partial charge >= 0.3 is 0 Å². The van der Waals surface area contributed by atoms with Crippen molar-refractivity contribution in [2.45, 2.75) is 49.1 Å². The van der Waals surface area contributed by atoms with E-state index >= 15 is 0 Å². The molecule has 0 radical (unpaired) electrons. The molecule has 0 spiro atoms. The van der Waals surface area contributed by atoms with Crippen molar-refractivity contribution in [1.82, 2.24) is 10.3 Å². The molecule has 4 heteroatoms. The maximum atomic E-state index is 5.80. The molecule has 1 aromatic heterocycles. The third-order valence-electron chi connectivity index (χ3n) is 3.66. The molecule has 1 aliphatic rings. The van der Waals surface area contributed by atoms with E-state index in [0.717, 1.165) is 22.9 Å². The van der Waals surface area contributed by atoms with Gasteiger partial charge in [-0.1, -0.05) is 37.2 Å². The molecule has 0 saturated heterocycles. The summed E-state index contributed by atoms with van der Waals surface area (Å²) in [5, 5.41) is 5.02. The van der Waals surface area contributed by atoms with Gasteiger partial charge in [0.1, 0.15) is 5.52 Å². The van der Waals surface area contributed by atoms with Crippen LogP contribution in [0, 0.1) is 0 Å². The number of rotatable bonds is 4. The van der Waals surface area contributed by atoms with E-state index < -0.39 is 0 Å². The number of fused-ring (bicyclic) bond motifs is 1. The maximum Gasteiger partial charge on any atom is 0.257 e. The highest BCUT2D eigenvalue weighted by molar-refractivity contribution is 7.99. The fourth-order valence-corrected chi connectivity index (χ4v) is 3.96. The first-order chi connectivity index (χ1) is 9.35. The Labute approximate surface area is 118 Å². The van der Waals surface area contributed by atoms with E-state index in [1.165, 1.54) is 25.7 Å². The zero-order chi connectivity index (χ0) is 13.1. The molecule has 0 bridgehead atoms. The third-order valence-corrected chi connectivity index (χ3v) is 4.80. The van der Waals surface area contributed by atoms with Gasteiger partial charge in [0.2, 0.25) is 0 Å². The fourth-order valence-electron chi connectivity index (χ4n) is 2.77. The van der Waals surface area contributed by atoms with Crippen LogP contribution in [-0.4, -0.2) is 22.8 Å². The lowest BCUT2D eigenvalue weighted by atomic mass is 9.95. The van der Waals surface area contributed by atoms with E-state index in [9.17, 15) is 0 Å². The minimum absolute atomic E-state index is 0.630. The second-order valence-electron chi connectivity index (χ2n) is 5.11. The SMILES string of the molecule is CCNC1CCCC(Sc2nc3ccccc3o2)C1. The van der Waals surface area contributed by atoms with Gasteiger partial charge in [0.05, 0.1) is 0 Å². The van der Waals surface area contributed by atoms with E-state index in [1.54, 1.807) is 11.8 Å². The average molecular weight is 276 g/mol. The van der Waals surface area contributed by atoms with Crippen LogP contribution in [0.15, 0.2) is 33.9 Å². The number of benzene rings is 1. The number of oxazole rings is 1. The summed E-state index contributed by atoms with van der Waals surface area (Å²) in [4.78, 5) is 4.55. The number of thioether (sulfide) groups is 1. The minimum atomic E-state index is 0.630. The van der Waals surface area contributed by atoms with Crippen LogP contribution >= 0.6 is 11.8 Å². The normalized spacial score (nSPS) is 23.8. The predicted molar refractivity (Wildman–Crippen MR) is 79.6 cm³/mol. The topological polar surface area (TPSA) is 38.1 Å². The lowest BCUT2D eigenvalue weighted by molar-refractivity contribution is 0.385. The van der Waals surface area contributed by atoms with Crippen molar-refractivity contribution in [2.75, 3.05) is 6.54 Å². The standard InChI is InChI=1S/C15H20N2OS/c1-2-16-11-6-5-7-12(10-11)19-15-17-13-8-3-4-9-14(13)18-15/h3-4,8-9,11-12,16H,2,5-7,10H2,1H3. The maximum absolute atomic E-state index is 5.80. The number of para-hydroxylation sites is 2. The minimum Gasteiger partial charge on any atom is -0.431 e. The van der Waals surface area contributed by atoms with Crippen LogP contribution in [0.25, 0.3) is 11.1 Å². The molecule has 19 heavy (non-hydrogen) atoms. The van der Waals surface area contributed by atoms with Crippen molar-refractivity contribution in [2.24, 2.45) is 0 Å². The highest BCUT2D eigenvalue weighted by Crippen LogP contribution is 2.34. The summed E-state index contributed by atoms with van der Waals surface area (Å²) in [6, 6.07) is 8.64. The molecule has 0 amide bonds. The zero-order valence-electron chi connectivity index (χ0n) is 11.3. The van der Waals surface area contributed by atoms with Gasteiger partial charge in [-0.15, -0.1) is 0 Å². The Balaban J connectivity index is 1.67. The summed E-state index contributed by atoms with van der Waals surface area (Å²) in [6.07, 6.45) is 5.09. The molecule has 3 nitrogen and oxygen atoms in total. The summed E-state index contributed by atoms with van der Waals surface area (Å²) in [5.41, 5.74) is 1.85. The molecule has 1 N–H and O–H groups in total. The number of nitrogens with one attached hydrogen (secondary N) is 1. The first-order valence-electron chi connectivity index (χ1n) is 7.10. The van der Waals surface area contributed by atoms with Crippen molar-refractivity contribution in [3.63, 3.8) is 0 Å². The van der Waals surface area contributed by atoms with Crippen LogP contribution < -0.4 is 5.32 Å². The van der Waals surface area contributed by atoms with E-state index in [-0.39, 0.29) is 0 Å². The molecular weight excluding hydrogens is 256 g/mol. The predicted octanol–water partition coefficient (Wildman–Crippen LogP) is 3.84. The molecule has 1 heterocycles. The highest BCUT2D eigenvalue weighted by Gasteiger charge is 2.23. The van der Waals surface area contributed by atoms with Crippen LogP contribution in [0.2, 0.25) is 0 Å². The van der Waals surface area contributed by atoms with Gasteiger partial charge in [-0.25, -0.2) is 4.98 Å². The Morgan fingerprint density at radius 3 is 3.11 bits per heavy atom. The van der Waals surface area contributed by atoms with E-state index in [1.807, 2.05) is 24.3 Å². The molecule has 1 fully saturated rings. The van der Waals surface area contributed by atoms with Crippen LogP contribution in [0.4, 0.5) is 0 Å². The second-order valence-corrected chi connectivity index (χ2v) is 6.36. The molecule has 1 aromatic carbocycles. The molecule has 2 unspecified atom stereocenters. The van der Waals surface area contributed by atoms with Gasteiger partial charge in [0.15, 0.2) is 5.58 Å². The van der Waals surface area contributed by atoms with Crippen molar-refractivity contribution in [1.29, 1.82) is 0 Å². The van der Waals surface area contributed by atoms with Crippen molar-refractivity contribution < 1.29 is 4.42 Å². The molecule has 1 saturated carbocycles. The Morgan fingerprint density at radius 2 is 2.26 bits per heavy atom. The number of aromatic nitrogens is 1. The quantitative estimate of drug-likeness (QED) is 0.920. The van der Waals surface area contributed by atoms with Gasteiger partial charge in [-0.3, -0.25) is 0 Å². The van der Waals surface area contributed by atoms with Gasteiger partial charge in [0, 0.05) is 11.3 Å². The van der Waals surface area contributed by atoms with E-state index in [0.29, 0.717) is 11.3 Å². The molecule has 2 atom stereocenters. The molecule has 102 valence electrons. The summed E-state index contributed by atoms with van der Waals surface area (Å²) in [5.74, 6) is 0. The van der Waals surface area contributed by atoms with E-state index in [2.05, 4.69) is 17.2 Å². The molecule has 2 aromatic rings. The smallest absolute Gasteiger partial charge is 0.257 e. The summed E-state index contributed by atoms with van der Waals surface area (Å²) < 4.78 is 5.80. The van der Waals surface area contributed by atoms with E-state index in [4.69, 9.17) is 4.42 Å². The average Bonchev–Trinajstić information content (AvgIpc) is 2.81. The molecule has 3 rings (SSSR count). The Bertz CT molecular complexity index is 505.